The minimum Gasteiger partial charge on any atom is -0.394 e. The Morgan fingerprint density at radius 1 is 1.36 bits per heavy atom. The molecule has 0 aliphatic heterocycles. The van der Waals surface area contributed by atoms with Gasteiger partial charge in [0.1, 0.15) is 0 Å². The molecule has 0 atom stereocenters. The van der Waals surface area contributed by atoms with Gasteiger partial charge in [0.15, 0.2) is 0 Å². The monoisotopic (exact) mass is 227 g/mol. The standard InChI is InChI=1S/C6H14NO6P/c8-4-3-7(10)6(9)2-1-5-14(11,12)13/h8,10H,1-5H2,(H2,11,12,13). The van der Waals surface area contributed by atoms with Crippen LogP contribution in [0.15, 0.2) is 0 Å². The summed E-state index contributed by atoms with van der Waals surface area (Å²) >= 11 is 0. The number of hydroxylamine groups is 2. The van der Waals surface area contributed by atoms with Crippen LogP contribution in [0.5, 0.6) is 0 Å². The van der Waals surface area contributed by atoms with E-state index in [0.29, 0.717) is 5.06 Å². The van der Waals surface area contributed by atoms with Crippen LogP contribution < -0.4 is 0 Å². The molecule has 84 valence electrons. The molecule has 0 heterocycles. The fourth-order valence-electron chi connectivity index (χ4n) is 0.785. The van der Waals surface area contributed by atoms with E-state index >= 15 is 0 Å². The smallest absolute Gasteiger partial charge is 0.325 e. The van der Waals surface area contributed by atoms with Gasteiger partial charge in [-0.05, 0) is 6.42 Å². The average Bonchev–Trinajstić information content (AvgIpc) is 2.02. The van der Waals surface area contributed by atoms with Crippen LogP contribution in [0.2, 0.25) is 0 Å². The number of amides is 1. The molecule has 0 radical (unpaired) electrons. The summed E-state index contributed by atoms with van der Waals surface area (Å²) in [6, 6.07) is 0. The zero-order valence-corrected chi connectivity index (χ0v) is 8.43. The normalized spacial score (nSPS) is 11.4. The molecule has 0 bridgehead atoms. The molecule has 0 aliphatic carbocycles. The minimum absolute atomic E-state index is 0.00556. The van der Waals surface area contributed by atoms with Gasteiger partial charge in [0.05, 0.1) is 19.3 Å². The second-order valence-electron chi connectivity index (χ2n) is 2.73. The van der Waals surface area contributed by atoms with Gasteiger partial charge in [0, 0.05) is 6.42 Å². The highest BCUT2D eigenvalue weighted by Crippen LogP contribution is 2.35. The maximum absolute atomic E-state index is 10.9. The summed E-state index contributed by atoms with van der Waals surface area (Å²) in [6.07, 6.45) is -0.529. The molecule has 0 saturated carbocycles. The number of aliphatic hydroxyl groups is 1. The topological polar surface area (TPSA) is 118 Å². The van der Waals surface area contributed by atoms with Crippen molar-refractivity contribution in [3.05, 3.63) is 0 Å². The summed E-state index contributed by atoms with van der Waals surface area (Å²) in [5.74, 6) is -0.660. The molecule has 4 N–H and O–H groups in total. The number of aliphatic hydroxyl groups excluding tert-OH is 1. The summed E-state index contributed by atoms with van der Waals surface area (Å²) in [5.41, 5.74) is 0. The van der Waals surface area contributed by atoms with Crippen molar-refractivity contribution in [2.24, 2.45) is 0 Å². The summed E-state index contributed by atoms with van der Waals surface area (Å²) in [4.78, 5) is 27.8. The van der Waals surface area contributed by atoms with Crippen molar-refractivity contribution >= 4 is 13.5 Å². The van der Waals surface area contributed by atoms with Crippen molar-refractivity contribution in [3.63, 3.8) is 0 Å². The third kappa shape index (κ3) is 6.99. The zero-order chi connectivity index (χ0) is 11.2. The first-order valence-electron chi connectivity index (χ1n) is 4.01. The van der Waals surface area contributed by atoms with E-state index in [-0.39, 0.29) is 32.2 Å². The van der Waals surface area contributed by atoms with E-state index in [2.05, 4.69) is 0 Å². The van der Waals surface area contributed by atoms with E-state index in [0.717, 1.165) is 0 Å². The highest BCUT2D eigenvalue weighted by molar-refractivity contribution is 7.51. The largest absolute Gasteiger partial charge is 0.394 e. The van der Waals surface area contributed by atoms with Gasteiger partial charge < -0.3 is 14.9 Å². The molecule has 0 saturated heterocycles. The van der Waals surface area contributed by atoms with Crippen LogP contribution >= 0.6 is 7.60 Å². The highest BCUT2D eigenvalue weighted by atomic mass is 31.2. The number of carbonyl (C=O) groups excluding carboxylic acids is 1. The molecule has 0 aromatic carbocycles. The Labute approximate surface area is 81.1 Å². The Morgan fingerprint density at radius 2 is 1.93 bits per heavy atom. The quantitative estimate of drug-likeness (QED) is 0.267. The number of rotatable bonds is 6. The van der Waals surface area contributed by atoms with Crippen molar-refractivity contribution < 1.29 is 29.5 Å². The maximum atomic E-state index is 10.9. The Bertz CT molecular complexity index is 226. The van der Waals surface area contributed by atoms with Crippen molar-refractivity contribution in [1.29, 1.82) is 0 Å². The first-order valence-corrected chi connectivity index (χ1v) is 5.81. The fraction of sp³-hybridized carbons (Fsp3) is 0.833. The molecule has 1 amide bonds. The predicted molar refractivity (Wildman–Crippen MR) is 46.7 cm³/mol. The van der Waals surface area contributed by atoms with Crippen molar-refractivity contribution in [2.75, 3.05) is 19.3 Å². The van der Waals surface area contributed by atoms with Crippen LogP contribution in [-0.2, 0) is 9.36 Å². The minimum atomic E-state index is -4.07. The van der Waals surface area contributed by atoms with Crippen LogP contribution in [0.1, 0.15) is 12.8 Å². The molecule has 0 spiro atoms. The zero-order valence-electron chi connectivity index (χ0n) is 7.54. The van der Waals surface area contributed by atoms with Crippen LogP contribution in [0.4, 0.5) is 0 Å². The van der Waals surface area contributed by atoms with Gasteiger partial charge in [-0.3, -0.25) is 14.6 Å². The average molecular weight is 227 g/mol. The van der Waals surface area contributed by atoms with Crippen LogP contribution in [0, 0.1) is 0 Å². The molecule has 14 heavy (non-hydrogen) atoms. The third-order valence-corrected chi connectivity index (χ3v) is 2.34. The third-order valence-electron chi connectivity index (χ3n) is 1.44. The van der Waals surface area contributed by atoms with Crippen LogP contribution in [0.3, 0.4) is 0 Å². The number of carbonyl (C=O) groups is 1. The number of nitrogens with zero attached hydrogens (tertiary/aromatic N) is 1. The van der Waals surface area contributed by atoms with E-state index in [1.54, 1.807) is 0 Å². The Morgan fingerprint density at radius 3 is 2.36 bits per heavy atom. The van der Waals surface area contributed by atoms with E-state index < -0.39 is 13.5 Å². The Balaban J connectivity index is 3.69. The van der Waals surface area contributed by atoms with E-state index in [1.807, 2.05) is 0 Å². The van der Waals surface area contributed by atoms with E-state index in [1.165, 1.54) is 0 Å². The predicted octanol–water partition coefficient (Wildman–Crippen LogP) is -0.846. The maximum Gasteiger partial charge on any atom is 0.325 e. The summed E-state index contributed by atoms with van der Waals surface area (Å²) in [7, 11) is -4.07. The lowest BCUT2D eigenvalue weighted by Crippen LogP contribution is -2.30. The Kier molecular flexibility index (Phi) is 5.90. The van der Waals surface area contributed by atoms with Crippen LogP contribution in [-0.4, -0.2) is 50.4 Å². The highest BCUT2D eigenvalue weighted by Gasteiger charge is 2.15. The second kappa shape index (κ2) is 6.10. The number of hydrogen-bond acceptors (Lipinski definition) is 4. The van der Waals surface area contributed by atoms with E-state index in [9.17, 15) is 9.36 Å². The molecule has 8 heteroatoms. The molecule has 0 fully saturated rings. The molecule has 0 aromatic rings. The summed E-state index contributed by atoms with van der Waals surface area (Å²) in [6.45, 7) is -0.560. The van der Waals surface area contributed by atoms with Gasteiger partial charge >= 0.3 is 7.60 Å². The number of hydrogen-bond donors (Lipinski definition) is 4. The fourth-order valence-corrected chi connectivity index (χ4v) is 1.35. The van der Waals surface area contributed by atoms with Gasteiger partial charge in [-0.25, -0.2) is 5.06 Å². The molecule has 0 aromatic heterocycles. The first-order chi connectivity index (χ1) is 6.37. The first kappa shape index (κ1) is 13.5. The van der Waals surface area contributed by atoms with Gasteiger partial charge in [-0.2, -0.15) is 0 Å². The summed E-state index contributed by atoms with van der Waals surface area (Å²) in [5, 5.41) is 17.6. The molecule has 7 nitrogen and oxygen atoms in total. The lowest BCUT2D eigenvalue weighted by molar-refractivity contribution is -0.167. The molecular formula is C6H14NO6P. The Hall–Kier alpha value is -0.460. The lowest BCUT2D eigenvalue weighted by atomic mass is 10.3. The van der Waals surface area contributed by atoms with Gasteiger partial charge in [0.2, 0.25) is 5.91 Å². The summed E-state index contributed by atoms with van der Waals surface area (Å²) < 4.78 is 10.4. The molecule has 0 unspecified atom stereocenters. The van der Waals surface area contributed by atoms with Crippen molar-refractivity contribution in [1.82, 2.24) is 5.06 Å². The van der Waals surface area contributed by atoms with Crippen molar-refractivity contribution in [2.45, 2.75) is 12.8 Å². The molecular weight excluding hydrogens is 213 g/mol. The van der Waals surface area contributed by atoms with Gasteiger partial charge in [-0.15, -0.1) is 0 Å². The van der Waals surface area contributed by atoms with Crippen LogP contribution in [0.25, 0.3) is 0 Å². The van der Waals surface area contributed by atoms with Crippen molar-refractivity contribution in [3.8, 4) is 0 Å². The van der Waals surface area contributed by atoms with Gasteiger partial charge in [-0.1, -0.05) is 0 Å². The van der Waals surface area contributed by atoms with E-state index in [4.69, 9.17) is 20.1 Å². The SMILES string of the molecule is O=C(CCCP(=O)(O)O)N(O)CCO. The molecule has 0 aliphatic rings. The van der Waals surface area contributed by atoms with Gasteiger partial charge in [0.25, 0.3) is 0 Å². The lowest BCUT2D eigenvalue weighted by Gasteiger charge is -2.12. The second-order valence-corrected chi connectivity index (χ2v) is 4.51. The molecule has 0 rings (SSSR count).